The molecule has 0 spiro atoms. The van der Waals surface area contributed by atoms with Crippen LogP contribution in [0.25, 0.3) is 0 Å². The normalized spacial score (nSPS) is 16.5. The Balaban J connectivity index is 2.01. The maximum atomic E-state index is 13.1. The van der Waals surface area contributed by atoms with E-state index < -0.39 is 5.97 Å². The van der Waals surface area contributed by atoms with Crippen molar-refractivity contribution < 1.29 is 19.1 Å². The van der Waals surface area contributed by atoms with Crippen LogP contribution in [0.2, 0.25) is 0 Å². The number of anilines is 2. The van der Waals surface area contributed by atoms with Crippen molar-refractivity contribution in [3.05, 3.63) is 59.7 Å². The van der Waals surface area contributed by atoms with Gasteiger partial charge in [0, 0.05) is 12.1 Å². The number of carbonyl (C=O) groups is 3. The summed E-state index contributed by atoms with van der Waals surface area (Å²) in [5, 5.41) is 2.84. The topological polar surface area (TPSA) is 75.7 Å². The number of hydrogen-bond donors (Lipinski definition) is 1. The van der Waals surface area contributed by atoms with E-state index in [1.165, 1.54) is 13.2 Å². The molecule has 1 N–H and O–H groups in total. The van der Waals surface area contributed by atoms with Crippen molar-refractivity contribution in [3.8, 4) is 0 Å². The van der Waals surface area contributed by atoms with E-state index in [1.54, 1.807) is 48.2 Å². The van der Waals surface area contributed by atoms with Crippen LogP contribution in [0.4, 0.5) is 11.4 Å². The van der Waals surface area contributed by atoms with Gasteiger partial charge in [-0.05, 0) is 30.3 Å². The van der Waals surface area contributed by atoms with E-state index in [0.717, 1.165) is 0 Å². The van der Waals surface area contributed by atoms with Crippen LogP contribution in [0.1, 0.15) is 27.6 Å². The van der Waals surface area contributed by atoms with E-state index in [0.29, 0.717) is 22.5 Å². The third-order valence-corrected chi connectivity index (χ3v) is 4.13. The number of hydrogen-bond acceptors (Lipinski definition) is 4. The van der Waals surface area contributed by atoms with Crippen LogP contribution < -0.4 is 10.2 Å². The van der Waals surface area contributed by atoms with Gasteiger partial charge in [-0.2, -0.15) is 0 Å². The lowest BCUT2D eigenvalue weighted by molar-refractivity contribution is -0.119. The van der Waals surface area contributed by atoms with Gasteiger partial charge in [-0.25, -0.2) is 4.79 Å². The maximum absolute atomic E-state index is 13.1. The summed E-state index contributed by atoms with van der Waals surface area (Å²) in [5.41, 5.74) is 1.89. The van der Waals surface area contributed by atoms with Crippen molar-refractivity contribution in [1.82, 2.24) is 0 Å². The van der Waals surface area contributed by atoms with Crippen LogP contribution in [0.3, 0.4) is 0 Å². The second-order valence-electron chi connectivity index (χ2n) is 5.90. The molecule has 128 valence electrons. The Morgan fingerprint density at radius 2 is 1.84 bits per heavy atom. The van der Waals surface area contributed by atoms with E-state index in [4.69, 9.17) is 4.74 Å². The number of esters is 1. The largest absolute Gasteiger partial charge is 0.465 e. The highest BCUT2D eigenvalue weighted by molar-refractivity contribution is 6.11. The molecule has 0 saturated carbocycles. The van der Waals surface area contributed by atoms with Crippen molar-refractivity contribution in [2.24, 2.45) is 5.92 Å². The molecule has 1 aliphatic heterocycles. The first-order valence-corrected chi connectivity index (χ1v) is 7.91. The SMILES string of the molecule is COC(=O)c1cccc(C(=O)N2C[C@H](C)C(=O)Nc3ccccc32)c1. The molecule has 0 radical (unpaired) electrons. The lowest BCUT2D eigenvalue weighted by Gasteiger charge is -2.23. The molecule has 0 aliphatic carbocycles. The average molecular weight is 338 g/mol. The van der Waals surface area contributed by atoms with E-state index in [2.05, 4.69) is 5.32 Å². The predicted molar refractivity (Wildman–Crippen MR) is 93.7 cm³/mol. The summed E-state index contributed by atoms with van der Waals surface area (Å²) in [7, 11) is 1.29. The number of rotatable bonds is 2. The van der Waals surface area contributed by atoms with Crippen LogP contribution in [0.5, 0.6) is 0 Å². The van der Waals surface area contributed by atoms with E-state index in [1.807, 2.05) is 6.07 Å². The predicted octanol–water partition coefficient (Wildman–Crippen LogP) is 2.71. The van der Waals surface area contributed by atoms with Crippen molar-refractivity contribution >= 4 is 29.2 Å². The quantitative estimate of drug-likeness (QED) is 0.854. The number of nitrogens with one attached hydrogen (secondary N) is 1. The molecule has 1 heterocycles. The minimum absolute atomic E-state index is 0.133. The van der Waals surface area contributed by atoms with Crippen LogP contribution in [0.15, 0.2) is 48.5 Å². The molecule has 1 atom stereocenters. The van der Waals surface area contributed by atoms with E-state index in [9.17, 15) is 14.4 Å². The van der Waals surface area contributed by atoms with Crippen LogP contribution >= 0.6 is 0 Å². The summed E-state index contributed by atoms with van der Waals surface area (Å²) in [6.07, 6.45) is 0. The van der Waals surface area contributed by atoms with E-state index >= 15 is 0 Å². The Kier molecular flexibility index (Phi) is 4.52. The molecule has 2 amide bonds. The number of ether oxygens (including phenoxy) is 1. The molecule has 0 unspecified atom stereocenters. The summed E-state index contributed by atoms with van der Waals surface area (Å²) in [6.45, 7) is 2.02. The Morgan fingerprint density at radius 1 is 1.12 bits per heavy atom. The summed E-state index contributed by atoms with van der Waals surface area (Å²) < 4.78 is 4.71. The van der Waals surface area contributed by atoms with Crippen LogP contribution in [-0.2, 0) is 9.53 Å². The van der Waals surface area contributed by atoms with Gasteiger partial charge in [-0.15, -0.1) is 0 Å². The number of methoxy groups -OCH3 is 1. The molecule has 0 aromatic heterocycles. The van der Waals surface area contributed by atoms with Gasteiger partial charge in [0.25, 0.3) is 5.91 Å². The summed E-state index contributed by atoms with van der Waals surface area (Å²) in [6, 6.07) is 13.5. The fourth-order valence-electron chi connectivity index (χ4n) is 2.77. The smallest absolute Gasteiger partial charge is 0.337 e. The highest BCUT2D eigenvalue weighted by Gasteiger charge is 2.29. The van der Waals surface area contributed by atoms with E-state index in [-0.39, 0.29) is 24.3 Å². The first-order chi connectivity index (χ1) is 12.0. The minimum atomic E-state index is -0.504. The van der Waals surface area contributed by atoms with Crippen molar-refractivity contribution in [2.75, 3.05) is 23.9 Å². The zero-order valence-electron chi connectivity index (χ0n) is 14.0. The standard InChI is InChI=1S/C19H18N2O4/c1-12-11-21(16-9-4-3-8-15(16)20-17(12)22)18(23)13-6-5-7-14(10-13)19(24)25-2/h3-10,12H,11H2,1-2H3,(H,20,22)/t12-/m0/s1. The summed E-state index contributed by atoms with van der Waals surface area (Å²) >= 11 is 0. The molecule has 0 fully saturated rings. The number of amides is 2. The average Bonchev–Trinajstić information content (AvgIpc) is 2.77. The van der Waals surface area contributed by atoms with Crippen molar-refractivity contribution in [1.29, 1.82) is 0 Å². The van der Waals surface area contributed by atoms with Gasteiger partial charge in [-0.1, -0.05) is 25.1 Å². The Labute approximate surface area is 145 Å². The second-order valence-corrected chi connectivity index (χ2v) is 5.90. The fourth-order valence-corrected chi connectivity index (χ4v) is 2.77. The van der Waals surface area contributed by atoms with Gasteiger partial charge in [0.05, 0.1) is 30.0 Å². The first-order valence-electron chi connectivity index (χ1n) is 7.91. The monoisotopic (exact) mass is 338 g/mol. The van der Waals surface area contributed by atoms with Gasteiger partial charge in [0.15, 0.2) is 0 Å². The summed E-state index contributed by atoms with van der Waals surface area (Å²) in [5.74, 6) is -1.27. The molecule has 6 nitrogen and oxygen atoms in total. The molecule has 6 heteroatoms. The lowest BCUT2D eigenvalue weighted by Crippen LogP contribution is -2.36. The Morgan fingerprint density at radius 3 is 2.60 bits per heavy atom. The van der Waals surface area contributed by atoms with Crippen molar-refractivity contribution in [2.45, 2.75) is 6.92 Å². The third kappa shape index (κ3) is 3.24. The van der Waals surface area contributed by atoms with Crippen molar-refractivity contribution in [3.63, 3.8) is 0 Å². The fraction of sp³-hybridized carbons (Fsp3) is 0.211. The number of carbonyl (C=O) groups excluding carboxylic acids is 3. The maximum Gasteiger partial charge on any atom is 0.337 e. The molecule has 3 rings (SSSR count). The highest BCUT2D eigenvalue weighted by Crippen LogP contribution is 2.31. The number of para-hydroxylation sites is 2. The molecule has 25 heavy (non-hydrogen) atoms. The van der Waals surface area contributed by atoms with Gasteiger partial charge in [0.2, 0.25) is 5.91 Å². The number of nitrogens with zero attached hydrogens (tertiary/aromatic N) is 1. The zero-order chi connectivity index (χ0) is 18.0. The number of fused-ring (bicyclic) bond motifs is 1. The summed E-state index contributed by atoms with van der Waals surface area (Å²) in [4.78, 5) is 38.5. The second kappa shape index (κ2) is 6.76. The molecule has 1 aliphatic rings. The number of benzene rings is 2. The van der Waals surface area contributed by atoms with Gasteiger partial charge >= 0.3 is 5.97 Å². The minimum Gasteiger partial charge on any atom is -0.465 e. The highest BCUT2D eigenvalue weighted by atomic mass is 16.5. The molecule has 0 saturated heterocycles. The molecule has 2 aromatic rings. The first kappa shape index (κ1) is 16.7. The van der Waals surface area contributed by atoms with Gasteiger partial charge in [0.1, 0.15) is 0 Å². The van der Waals surface area contributed by atoms with Gasteiger partial charge < -0.3 is 15.0 Å². The van der Waals surface area contributed by atoms with Crippen LogP contribution in [0, 0.1) is 5.92 Å². The van der Waals surface area contributed by atoms with Gasteiger partial charge in [-0.3, -0.25) is 9.59 Å². The molecule has 0 bridgehead atoms. The molecular formula is C19H18N2O4. The Hall–Kier alpha value is -3.15. The molecular weight excluding hydrogens is 320 g/mol. The lowest BCUT2D eigenvalue weighted by atomic mass is 10.1. The Bertz CT molecular complexity index is 847. The van der Waals surface area contributed by atoms with Crippen LogP contribution in [-0.4, -0.2) is 31.4 Å². The zero-order valence-corrected chi connectivity index (χ0v) is 14.0. The third-order valence-electron chi connectivity index (χ3n) is 4.13. The molecule has 2 aromatic carbocycles.